The fraction of sp³-hybridized carbons (Fsp3) is 0.424. The number of hydrogen-bond donors (Lipinski definition) is 2. The number of nitrogens with zero attached hydrogens (tertiary/aromatic N) is 3. The lowest BCUT2D eigenvalue weighted by Crippen LogP contribution is -2.27. The van der Waals surface area contributed by atoms with E-state index in [4.69, 9.17) is 23.9 Å². The van der Waals surface area contributed by atoms with E-state index in [1.54, 1.807) is 13.8 Å². The number of pyridine rings is 1. The smallest absolute Gasteiger partial charge is 0.333 e. The second-order valence-corrected chi connectivity index (χ2v) is 10.2. The highest BCUT2D eigenvalue weighted by Crippen LogP contribution is 2.18. The van der Waals surface area contributed by atoms with Gasteiger partial charge in [-0.05, 0) is 61.4 Å². The molecule has 2 atom stereocenters. The lowest BCUT2D eigenvalue weighted by atomic mass is 10.1. The summed E-state index contributed by atoms with van der Waals surface area (Å²) in [5.41, 5.74) is 1.74. The van der Waals surface area contributed by atoms with Gasteiger partial charge in [-0.2, -0.15) is 0 Å². The van der Waals surface area contributed by atoms with Crippen LogP contribution < -0.4 is 19.3 Å². The maximum Gasteiger partial charge on any atom is 0.333 e. The van der Waals surface area contributed by atoms with E-state index in [0.29, 0.717) is 63.9 Å². The Morgan fingerprint density at radius 2 is 1.07 bits per heavy atom. The topological polar surface area (TPSA) is 131 Å². The third-order valence-electron chi connectivity index (χ3n) is 6.87. The standard InChI is InChI=1S/C33H43N3O8/c1-5-41-28(32(37)38)22-24-10-14-26(15-11-24)43-20-18-35(3)30-8-7-9-31(34-30)36(4)19-21-44-27-16-12-25(13-17-27)23-29(33(39)40)42-6-2/h7-17,28-29H,5-6,18-23H2,1-4H3,(H,37,38)(H,39,40). The quantitative estimate of drug-likeness (QED) is 0.191. The van der Waals surface area contributed by atoms with E-state index >= 15 is 0 Å². The Morgan fingerprint density at radius 3 is 1.41 bits per heavy atom. The first-order valence-corrected chi connectivity index (χ1v) is 14.7. The second kappa shape index (κ2) is 17.7. The highest BCUT2D eigenvalue weighted by atomic mass is 16.5. The Balaban J connectivity index is 1.43. The number of carbonyl (C=O) groups is 2. The molecule has 1 heterocycles. The van der Waals surface area contributed by atoms with Crippen molar-refractivity contribution in [3.63, 3.8) is 0 Å². The minimum absolute atomic E-state index is 0.299. The number of rotatable bonds is 20. The zero-order valence-electron chi connectivity index (χ0n) is 25.8. The van der Waals surface area contributed by atoms with Gasteiger partial charge in [0.2, 0.25) is 0 Å². The predicted molar refractivity (Wildman–Crippen MR) is 168 cm³/mol. The molecule has 3 rings (SSSR count). The molecule has 2 N–H and O–H groups in total. The van der Waals surface area contributed by atoms with Gasteiger partial charge >= 0.3 is 11.9 Å². The van der Waals surface area contributed by atoms with E-state index in [1.807, 2.05) is 90.6 Å². The van der Waals surface area contributed by atoms with Gasteiger partial charge in [-0.25, -0.2) is 14.6 Å². The molecule has 238 valence electrons. The number of benzene rings is 2. The number of carboxylic acid groups (broad SMARTS) is 2. The molecule has 0 bridgehead atoms. The molecule has 11 heteroatoms. The lowest BCUT2D eigenvalue weighted by Gasteiger charge is -2.22. The fourth-order valence-electron chi connectivity index (χ4n) is 4.38. The van der Waals surface area contributed by atoms with Crippen molar-refractivity contribution in [1.29, 1.82) is 0 Å². The van der Waals surface area contributed by atoms with Crippen molar-refractivity contribution in [3.8, 4) is 11.5 Å². The van der Waals surface area contributed by atoms with Crippen molar-refractivity contribution in [3.05, 3.63) is 77.9 Å². The molecule has 3 aromatic rings. The molecule has 0 aliphatic carbocycles. The Morgan fingerprint density at radius 1 is 0.682 bits per heavy atom. The molecule has 0 amide bonds. The summed E-state index contributed by atoms with van der Waals surface area (Å²) < 4.78 is 22.4. The Bertz CT molecular complexity index is 1210. The normalized spacial score (nSPS) is 12.3. The zero-order valence-corrected chi connectivity index (χ0v) is 25.8. The van der Waals surface area contributed by atoms with Gasteiger partial charge < -0.3 is 39.0 Å². The van der Waals surface area contributed by atoms with Gasteiger partial charge in [0, 0.05) is 40.2 Å². The summed E-state index contributed by atoms with van der Waals surface area (Å²) in [6.45, 7) is 6.38. The second-order valence-electron chi connectivity index (χ2n) is 10.2. The van der Waals surface area contributed by atoms with Gasteiger partial charge in [0.15, 0.2) is 12.2 Å². The van der Waals surface area contributed by atoms with E-state index in [2.05, 4.69) is 0 Å². The minimum Gasteiger partial charge on any atom is -0.492 e. The zero-order chi connectivity index (χ0) is 31.9. The summed E-state index contributed by atoms with van der Waals surface area (Å²) in [6, 6.07) is 20.6. The van der Waals surface area contributed by atoms with Crippen molar-refractivity contribution in [1.82, 2.24) is 4.98 Å². The van der Waals surface area contributed by atoms with Crippen LogP contribution in [0.1, 0.15) is 25.0 Å². The maximum atomic E-state index is 11.3. The Kier molecular flexibility index (Phi) is 13.7. The average Bonchev–Trinajstić information content (AvgIpc) is 3.02. The predicted octanol–water partition coefficient (Wildman–Crippen LogP) is 4.18. The maximum absolute atomic E-state index is 11.3. The van der Waals surface area contributed by atoms with Crippen LogP contribution in [0.2, 0.25) is 0 Å². The number of ether oxygens (including phenoxy) is 4. The SMILES string of the molecule is CCOC(Cc1ccc(OCCN(C)c2cccc(N(C)CCOc3ccc(CC(OCC)C(=O)O)cc3)n2)cc1)C(=O)O. The van der Waals surface area contributed by atoms with Crippen LogP contribution in [0.25, 0.3) is 0 Å². The van der Waals surface area contributed by atoms with Gasteiger partial charge in [-0.15, -0.1) is 0 Å². The van der Waals surface area contributed by atoms with E-state index in [9.17, 15) is 19.8 Å². The molecule has 0 aliphatic rings. The van der Waals surface area contributed by atoms with Gasteiger partial charge in [0.1, 0.15) is 36.3 Å². The lowest BCUT2D eigenvalue weighted by molar-refractivity contribution is -0.150. The summed E-state index contributed by atoms with van der Waals surface area (Å²) in [6.07, 6.45) is -1.12. The molecule has 1 aromatic heterocycles. The minimum atomic E-state index is -0.970. The molecule has 2 unspecified atom stereocenters. The molecular weight excluding hydrogens is 566 g/mol. The summed E-state index contributed by atoms with van der Waals surface area (Å²) >= 11 is 0. The van der Waals surface area contributed by atoms with Crippen LogP contribution in [-0.4, -0.2) is 93.0 Å². The molecule has 2 aromatic carbocycles. The molecule has 11 nitrogen and oxygen atoms in total. The molecule has 44 heavy (non-hydrogen) atoms. The van der Waals surface area contributed by atoms with Gasteiger partial charge in [0.25, 0.3) is 0 Å². The Labute approximate surface area is 258 Å². The number of likely N-dealkylation sites (N-methyl/N-ethyl adjacent to an activating group) is 2. The van der Waals surface area contributed by atoms with Crippen molar-refractivity contribution in [2.75, 3.05) is 63.4 Å². The first kappa shape index (κ1) is 34.1. The number of aliphatic carboxylic acids is 2. The van der Waals surface area contributed by atoms with Crippen LogP contribution in [0.15, 0.2) is 66.7 Å². The van der Waals surface area contributed by atoms with Crippen molar-refractivity contribution < 1.29 is 38.7 Å². The summed E-state index contributed by atoms with van der Waals surface area (Å²) in [5.74, 6) is 1.09. The van der Waals surface area contributed by atoms with E-state index in [1.165, 1.54) is 0 Å². The van der Waals surface area contributed by atoms with Gasteiger partial charge in [-0.3, -0.25) is 0 Å². The molecule has 0 saturated carbocycles. The first-order chi connectivity index (χ1) is 21.2. The summed E-state index contributed by atoms with van der Waals surface area (Å²) in [4.78, 5) is 31.5. The van der Waals surface area contributed by atoms with Crippen molar-refractivity contribution in [2.24, 2.45) is 0 Å². The van der Waals surface area contributed by atoms with E-state index < -0.39 is 24.1 Å². The van der Waals surface area contributed by atoms with Crippen LogP contribution in [0.4, 0.5) is 11.6 Å². The Hall–Kier alpha value is -4.35. The van der Waals surface area contributed by atoms with Crippen LogP contribution in [0.3, 0.4) is 0 Å². The molecular formula is C33H43N3O8. The highest BCUT2D eigenvalue weighted by molar-refractivity contribution is 5.73. The largest absolute Gasteiger partial charge is 0.492 e. The van der Waals surface area contributed by atoms with E-state index in [0.717, 1.165) is 22.8 Å². The van der Waals surface area contributed by atoms with Crippen LogP contribution >= 0.6 is 0 Å². The fourth-order valence-corrected chi connectivity index (χ4v) is 4.38. The van der Waals surface area contributed by atoms with Gasteiger partial charge in [-0.1, -0.05) is 30.3 Å². The highest BCUT2D eigenvalue weighted by Gasteiger charge is 2.19. The monoisotopic (exact) mass is 609 g/mol. The van der Waals surface area contributed by atoms with Crippen molar-refractivity contribution in [2.45, 2.75) is 38.9 Å². The summed E-state index contributed by atoms with van der Waals surface area (Å²) in [5, 5.41) is 18.6. The number of aromatic nitrogens is 1. The third kappa shape index (κ3) is 11.1. The molecule has 0 fully saturated rings. The number of hydrogen-bond acceptors (Lipinski definition) is 9. The molecule has 0 saturated heterocycles. The number of anilines is 2. The number of carboxylic acids is 2. The molecule has 0 spiro atoms. The first-order valence-electron chi connectivity index (χ1n) is 14.7. The van der Waals surface area contributed by atoms with Crippen LogP contribution in [0.5, 0.6) is 11.5 Å². The molecule has 0 radical (unpaired) electrons. The van der Waals surface area contributed by atoms with E-state index in [-0.39, 0.29) is 0 Å². The van der Waals surface area contributed by atoms with Gasteiger partial charge in [0.05, 0.1) is 13.1 Å². The van der Waals surface area contributed by atoms with Crippen molar-refractivity contribution >= 4 is 23.6 Å². The van der Waals surface area contributed by atoms with Crippen LogP contribution in [-0.2, 0) is 31.9 Å². The average molecular weight is 610 g/mol. The molecule has 0 aliphatic heterocycles. The third-order valence-corrected chi connectivity index (χ3v) is 6.87. The van der Waals surface area contributed by atoms with Crippen LogP contribution in [0, 0.1) is 0 Å². The summed E-state index contributed by atoms with van der Waals surface area (Å²) in [7, 11) is 3.91.